The maximum Gasteiger partial charge on any atom is 0.251 e. The normalized spacial score (nSPS) is 24.4. The topological polar surface area (TPSA) is 51.2 Å². The molecule has 0 saturated carbocycles. The van der Waals surface area contributed by atoms with Gasteiger partial charge in [0.1, 0.15) is 0 Å². The Morgan fingerprint density at radius 1 is 1.69 bits per heavy atom. The first-order valence-electron chi connectivity index (χ1n) is 5.21. The van der Waals surface area contributed by atoms with Crippen molar-refractivity contribution in [2.45, 2.75) is 25.5 Å². The van der Waals surface area contributed by atoms with E-state index in [2.05, 4.69) is 10.3 Å². The minimum absolute atomic E-state index is 0.00345. The summed E-state index contributed by atoms with van der Waals surface area (Å²) in [6.07, 6.45) is 2.08. The summed E-state index contributed by atoms with van der Waals surface area (Å²) in [6, 6.07) is 2.61. The summed E-state index contributed by atoms with van der Waals surface area (Å²) in [7, 11) is 0. The highest BCUT2D eigenvalue weighted by Gasteiger charge is 2.25. The maximum absolute atomic E-state index is 12.8. The van der Waals surface area contributed by atoms with Crippen molar-refractivity contribution in [1.29, 1.82) is 0 Å². The Hall–Kier alpha value is -1.49. The van der Waals surface area contributed by atoms with Gasteiger partial charge in [-0.15, -0.1) is 0 Å². The minimum Gasteiger partial charge on any atom is -0.376 e. The third kappa shape index (κ3) is 2.36. The van der Waals surface area contributed by atoms with E-state index in [0.29, 0.717) is 6.61 Å². The average molecular weight is 224 g/mol. The minimum atomic E-state index is -0.650. The van der Waals surface area contributed by atoms with Crippen LogP contribution in [0.2, 0.25) is 0 Å². The summed E-state index contributed by atoms with van der Waals surface area (Å²) in [5, 5.41) is 2.81. The van der Waals surface area contributed by atoms with Gasteiger partial charge in [-0.1, -0.05) is 0 Å². The summed E-state index contributed by atoms with van der Waals surface area (Å²) in [6.45, 7) is 2.56. The number of aromatic nitrogens is 1. The predicted molar refractivity (Wildman–Crippen MR) is 55.5 cm³/mol. The highest BCUT2D eigenvalue weighted by Crippen LogP contribution is 2.13. The Balaban J connectivity index is 2.03. The molecule has 2 rings (SSSR count). The quantitative estimate of drug-likeness (QED) is 0.766. The number of ether oxygens (including phenoxy) is 1. The maximum atomic E-state index is 12.8. The molecule has 1 aromatic heterocycles. The van der Waals surface area contributed by atoms with Crippen molar-refractivity contribution < 1.29 is 13.9 Å². The standard InChI is InChI=1S/C11H13FN2O2/c1-7-9(3-5-16-7)14-11(15)8-2-4-13-10(12)6-8/h2,4,6-7,9H,3,5H2,1H3,(H,14,15). The molecule has 0 aliphatic carbocycles. The monoisotopic (exact) mass is 224 g/mol. The number of hydrogen-bond donors (Lipinski definition) is 1. The van der Waals surface area contributed by atoms with E-state index >= 15 is 0 Å². The second-order valence-electron chi connectivity index (χ2n) is 3.81. The van der Waals surface area contributed by atoms with Crippen LogP contribution in [0, 0.1) is 5.95 Å². The summed E-state index contributed by atoms with van der Waals surface area (Å²) < 4.78 is 18.1. The molecule has 0 aromatic carbocycles. The first kappa shape index (κ1) is 11.0. The Bertz CT molecular complexity index is 397. The van der Waals surface area contributed by atoms with Crippen molar-refractivity contribution >= 4 is 5.91 Å². The fourth-order valence-electron chi connectivity index (χ4n) is 1.72. The molecule has 86 valence electrons. The largest absolute Gasteiger partial charge is 0.376 e. The van der Waals surface area contributed by atoms with Gasteiger partial charge in [-0.3, -0.25) is 4.79 Å². The van der Waals surface area contributed by atoms with E-state index in [1.807, 2.05) is 6.92 Å². The van der Waals surface area contributed by atoms with Gasteiger partial charge in [0.15, 0.2) is 0 Å². The Morgan fingerprint density at radius 3 is 3.12 bits per heavy atom. The molecule has 1 aromatic rings. The molecule has 5 heteroatoms. The van der Waals surface area contributed by atoms with Gasteiger partial charge in [0.05, 0.1) is 12.1 Å². The highest BCUT2D eigenvalue weighted by molar-refractivity contribution is 5.94. The zero-order valence-corrected chi connectivity index (χ0v) is 8.94. The summed E-state index contributed by atoms with van der Waals surface area (Å²) >= 11 is 0. The third-order valence-electron chi connectivity index (χ3n) is 2.68. The van der Waals surface area contributed by atoms with Crippen LogP contribution in [-0.4, -0.2) is 29.6 Å². The van der Waals surface area contributed by atoms with E-state index in [-0.39, 0.29) is 23.6 Å². The van der Waals surface area contributed by atoms with Gasteiger partial charge < -0.3 is 10.1 Å². The molecule has 1 fully saturated rings. The molecule has 1 aliphatic rings. The molecule has 1 saturated heterocycles. The Morgan fingerprint density at radius 2 is 2.50 bits per heavy atom. The van der Waals surface area contributed by atoms with Crippen LogP contribution in [0.1, 0.15) is 23.7 Å². The zero-order chi connectivity index (χ0) is 11.5. The molecular formula is C11H13FN2O2. The summed E-state index contributed by atoms with van der Waals surface area (Å²) in [5.74, 6) is -0.938. The van der Waals surface area contributed by atoms with Crippen LogP contribution in [0.5, 0.6) is 0 Å². The second-order valence-corrected chi connectivity index (χ2v) is 3.81. The average Bonchev–Trinajstić information content (AvgIpc) is 2.64. The highest BCUT2D eigenvalue weighted by atomic mass is 19.1. The smallest absolute Gasteiger partial charge is 0.251 e. The van der Waals surface area contributed by atoms with Crippen molar-refractivity contribution in [3.63, 3.8) is 0 Å². The number of amides is 1. The predicted octanol–water partition coefficient (Wildman–Crippen LogP) is 1.13. The van der Waals surface area contributed by atoms with Crippen molar-refractivity contribution in [2.24, 2.45) is 0 Å². The Kier molecular flexibility index (Phi) is 3.14. The van der Waals surface area contributed by atoms with Crippen LogP contribution in [0.25, 0.3) is 0 Å². The molecule has 0 bridgehead atoms. The molecule has 2 atom stereocenters. The number of carbonyl (C=O) groups excluding carboxylic acids is 1. The molecular weight excluding hydrogens is 211 g/mol. The number of nitrogens with one attached hydrogen (secondary N) is 1. The van der Waals surface area contributed by atoms with Crippen LogP contribution in [-0.2, 0) is 4.74 Å². The van der Waals surface area contributed by atoms with Crippen LogP contribution in [0.3, 0.4) is 0 Å². The lowest BCUT2D eigenvalue weighted by molar-refractivity contribution is 0.0865. The van der Waals surface area contributed by atoms with E-state index < -0.39 is 5.95 Å². The van der Waals surface area contributed by atoms with E-state index in [1.165, 1.54) is 12.3 Å². The molecule has 1 aliphatic heterocycles. The second kappa shape index (κ2) is 4.57. The fraction of sp³-hybridized carbons (Fsp3) is 0.455. The number of rotatable bonds is 2. The fourth-order valence-corrected chi connectivity index (χ4v) is 1.72. The number of nitrogens with zero attached hydrogens (tertiary/aromatic N) is 1. The molecule has 0 spiro atoms. The number of halogens is 1. The van der Waals surface area contributed by atoms with Crippen molar-refractivity contribution in [3.8, 4) is 0 Å². The van der Waals surface area contributed by atoms with Gasteiger partial charge in [0.2, 0.25) is 5.95 Å². The molecule has 2 unspecified atom stereocenters. The van der Waals surface area contributed by atoms with Gasteiger partial charge in [-0.25, -0.2) is 4.98 Å². The lowest BCUT2D eigenvalue weighted by atomic mass is 10.1. The molecule has 2 heterocycles. The van der Waals surface area contributed by atoms with Crippen molar-refractivity contribution in [1.82, 2.24) is 10.3 Å². The Labute approximate surface area is 92.8 Å². The van der Waals surface area contributed by atoms with Crippen LogP contribution in [0.4, 0.5) is 4.39 Å². The third-order valence-corrected chi connectivity index (χ3v) is 2.68. The van der Waals surface area contributed by atoms with Crippen molar-refractivity contribution in [3.05, 3.63) is 29.8 Å². The van der Waals surface area contributed by atoms with Gasteiger partial charge in [0.25, 0.3) is 5.91 Å². The van der Waals surface area contributed by atoms with Gasteiger partial charge in [0, 0.05) is 24.4 Å². The van der Waals surface area contributed by atoms with E-state index in [9.17, 15) is 9.18 Å². The van der Waals surface area contributed by atoms with Crippen LogP contribution >= 0.6 is 0 Å². The number of hydrogen-bond acceptors (Lipinski definition) is 3. The molecule has 1 amide bonds. The first-order chi connectivity index (χ1) is 7.66. The summed E-state index contributed by atoms with van der Waals surface area (Å²) in [4.78, 5) is 15.1. The van der Waals surface area contributed by atoms with Crippen LogP contribution in [0.15, 0.2) is 18.3 Å². The van der Waals surface area contributed by atoms with E-state index in [0.717, 1.165) is 12.5 Å². The lowest BCUT2D eigenvalue weighted by Gasteiger charge is -2.15. The molecule has 4 nitrogen and oxygen atoms in total. The molecule has 16 heavy (non-hydrogen) atoms. The van der Waals surface area contributed by atoms with E-state index in [1.54, 1.807) is 0 Å². The van der Waals surface area contributed by atoms with E-state index in [4.69, 9.17) is 4.74 Å². The first-order valence-corrected chi connectivity index (χ1v) is 5.21. The van der Waals surface area contributed by atoms with Gasteiger partial charge in [-0.2, -0.15) is 4.39 Å². The van der Waals surface area contributed by atoms with Crippen molar-refractivity contribution in [2.75, 3.05) is 6.61 Å². The lowest BCUT2D eigenvalue weighted by Crippen LogP contribution is -2.39. The number of pyridine rings is 1. The SMILES string of the molecule is CC1OCCC1NC(=O)c1ccnc(F)c1. The number of carbonyl (C=O) groups is 1. The molecule has 0 radical (unpaired) electrons. The summed E-state index contributed by atoms with van der Waals surface area (Å²) in [5.41, 5.74) is 0.284. The zero-order valence-electron chi connectivity index (χ0n) is 8.94. The van der Waals surface area contributed by atoms with Crippen LogP contribution < -0.4 is 5.32 Å². The van der Waals surface area contributed by atoms with Gasteiger partial charge in [-0.05, 0) is 19.4 Å². The molecule has 1 N–H and O–H groups in total. The van der Waals surface area contributed by atoms with Gasteiger partial charge >= 0.3 is 0 Å².